The maximum atomic E-state index is 12.2. The van der Waals surface area contributed by atoms with Crippen LogP contribution in [0.5, 0.6) is 0 Å². The predicted molar refractivity (Wildman–Crippen MR) is 110 cm³/mol. The number of H-pyrrole nitrogens is 2. The van der Waals surface area contributed by atoms with Gasteiger partial charge in [-0.05, 0) is 31.7 Å². The number of nitrogens with zero attached hydrogens (tertiary/aromatic N) is 5. The number of aryl methyl sites for hydroxylation is 1. The van der Waals surface area contributed by atoms with Crippen LogP contribution in [0.4, 0.5) is 0 Å². The highest BCUT2D eigenvalue weighted by molar-refractivity contribution is 5.62. The van der Waals surface area contributed by atoms with Crippen LogP contribution in [-0.2, 0) is 13.1 Å². The molecule has 3 heterocycles. The van der Waals surface area contributed by atoms with Gasteiger partial charge in [0.15, 0.2) is 0 Å². The minimum absolute atomic E-state index is 0.225. The first-order chi connectivity index (χ1) is 14.1. The van der Waals surface area contributed by atoms with Crippen molar-refractivity contribution in [2.75, 3.05) is 7.05 Å². The number of benzene rings is 1. The first-order valence-corrected chi connectivity index (χ1v) is 9.24. The summed E-state index contributed by atoms with van der Waals surface area (Å²) in [7, 11) is 2.05. The molecule has 0 bridgehead atoms. The SMILES string of the molecule is Cc1nccnc1-c1cc(=O)[nH]c(-c2cccc(CN(C)Cc3ccn[nH]3)c2)n1. The highest BCUT2D eigenvalue weighted by Crippen LogP contribution is 2.21. The molecule has 146 valence electrons. The second kappa shape index (κ2) is 8.15. The topological polar surface area (TPSA) is 103 Å². The zero-order valence-electron chi connectivity index (χ0n) is 16.3. The quantitative estimate of drug-likeness (QED) is 0.527. The van der Waals surface area contributed by atoms with Crippen molar-refractivity contribution in [3.63, 3.8) is 0 Å². The number of hydrogen-bond acceptors (Lipinski definition) is 6. The summed E-state index contributed by atoms with van der Waals surface area (Å²) < 4.78 is 0. The average Bonchev–Trinajstić information content (AvgIpc) is 3.21. The van der Waals surface area contributed by atoms with E-state index in [9.17, 15) is 4.79 Å². The standard InChI is InChI=1S/C21H21N7O/c1-14-20(23-9-8-22-14)18-11-19(29)26-21(25-18)16-5-3-4-15(10-16)12-28(2)13-17-6-7-24-27-17/h3-11H,12-13H2,1-2H3,(H,24,27)(H,25,26,29). The van der Waals surface area contributed by atoms with Crippen LogP contribution in [0, 0.1) is 6.92 Å². The number of nitrogens with one attached hydrogen (secondary N) is 2. The molecule has 0 aliphatic carbocycles. The van der Waals surface area contributed by atoms with E-state index < -0.39 is 0 Å². The van der Waals surface area contributed by atoms with E-state index in [2.05, 4.69) is 41.1 Å². The molecule has 0 amide bonds. The van der Waals surface area contributed by atoms with Crippen LogP contribution < -0.4 is 5.56 Å². The summed E-state index contributed by atoms with van der Waals surface area (Å²) in [6.07, 6.45) is 4.97. The smallest absolute Gasteiger partial charge is 0.251 e. The van der Waals surface area contributed by atoms with Gasteiger partial charge in [0, 0.05) is 49.0 Å². The van der Waals surface area contributed by atoms with Crippen molar-refractivity contribution >= 4 is 0 Å². The lowest BCUT2D eigenvalue weighted by molar-refractivity contribution is 0.315. The molecule has 0 aliphatic rings. The summed E-state index contributed by atoms with van der Waals surface area (Å²) in [5.74, 6) is 0.510. The van der Waals surface area contributed by atoms with Gasteiger partial charge >= 0.3 is 0 Å². The Balaban J connectivity index is 1.61. The van der Waals surface area contributed by atoms with Crippen LogP contribution in [0.25, 0.3) is 22.8 Å². The molecule has 4 aromatic rings. The molecule has 0 atom stereocenters. The summed E-state index contributed by atoms with van der Waals surface area (Å²) >= 11 is 0. The van der Waals surface area contributed by atoms with Gasteiger partial charge in [0.25, 0.3) is 5.56 Å². The molecule has 3 aromatic heterocycles. The minimum atomic E-state index is -0.225. The molecular weight excluding hydrogens is 366 g/mol. The average molecular weight is 387 g/mol. The van der Waals surface area contributed by atoms with Crippen molar-refractivity contribution in [2.45, 2.75) is 20.0 Å². The van der Waals surface area contributed by atoms with Crippen LogP contribution in [-0.4, -0.2) is 42.1 Å². The van der Waals surface area contributed by atoms with Gasteiger partial charge in [0.1, 0.15) is 11.5 Å². The highest BCUT2D eigenvalue weighted by Gasteiger charge is 2.11. The van der Waals surface area contributed by atoms with E-state index in [4.69, 9.17) is 0 Å². The van der Waals surface area contributed by atoms with E-state index in [1.54, 1.807) is 18.6 Å². The Morgan fingerprint density at radius 1 is 1.03 bits per heavy atom. The lowest BCUT2D eigenvalue weighted by Crippen LogP contribution is -2.17. The zero-order valence-corrected chi connectivity index (χ0v) is 16.3. The lowest BCUT2D eigenvalue weighted by Gasteiger charge is -2.16. The third-order valence-corrected chi connectivity index (χ3v) is 4.52. The van der Waals surface area contributed by atoms with Crippen LogP contribution >= 0.6 is 0 Å². The largest absolute Gasteiger partial charge is 0.306 e. The zero-order chi connectivity index (χ0) is 20.2. The van der Waals surface area contributed by atoms with Gasteiger partial charge in [-0.1, -0.05) is 18.2 Å². The van der Waals surface area contributed by atoms with Crippen LogP contribution in [0.15, 0.2) is 59.8 Å². The summed E-state index contributed by atoms with van der Waals surface area (Å²) in [5.41, 5.74) is 4.64. The van der Waals surface area contributed by atoms with Gasteiger partial charge < -0.3 is 4.98 Å². The van der Waals surface area contributed by atoms with Crippen LogP contribution in [0.1, 0.15) is 17.0 Å². The first kappa shape index (κ1) is 18.7. The van der Waals surface area contributed by atoms with Crippen molar-refractivity contribution in [3.8, 4) is 22.8 Å². The maximum Gasteiger partial charge on any atom is 0.251 e. The van der Waals surface area contributed by atoms with E-state index in [1.807, 2.05) is 38.2 Å². The van der Waals surface area contributed by atoms with Crippen molar-refractivity contribution in [2.24, 2.45) is 0 Å². The highest BCUT2D eigenvalue weighted by atomic mass is 16.1. The van der Waals surface area contributed by atoms with Gasteiger partial charge in [-0.2, -0.15) is 5.10 Å². The molecule has 0 spiro atoms. The van der Waals surface area contributed by atoms with Crippen LogP contribution in [0.2, 0.25) is 0 Å². The minimum Gasteiger partial charge on any atom is -0.306 e. The summed E-state index contributed by atoms with van der Waals surface area (Å²) in [6.45, 7) is 3.36. The fraction of sp³-hybridized carbons (Fsp3) is 0.190. The van der Waals surface area contributed by atoms with Gasteiger partial charge in [-0.15, -0.1) is 0 Å². The number of hydrogen-bond donors (Lipinski definition) is 2. The van der Waals surface area contributed by atoms with Gasteiger partial charge in [0.2, 0.25) is 0 Å². The van der Waals surface area contributed by atoms with E-state index in [0.717, 1.165) is 35.6 Å². The molecule has 0 aliphatic heterocycles. The first-order valence-electron chi connectivity index (χ1n) is 9.24. The fourth-order valence-corrected chi connectivity index (χ4v) is 3.22. The van der Waals surface area contributed by atoms with Crippen molar-refractivity contribution in [3.05, 3.63) is 82.3 Å². The molecule has 0 unspecified atom stereocenters. The predicted octanol–water partition coefficient (Wildman–Crippen LogP) is 2.56. The Morgan fingerprint density at radius 3 is 2.69 bits per heavy atom. The normalized spacial score (nSPS) is 11.1. The summed E-state index contributed by atoms with van der Waals surface area (Å²) in [5, 5.41) is 6.95. The molecule has 29 heavy (non-hydrogen) atoms. The molecule has 0 saturated heterocycles. The number of aromatic amines is 2. The molecule has 0 radical (unpaired) electrons. The molecule has 1 aromatic carbocycles. The van der Waals surface area contributed by atoms with Crippen molar-refractivity contribution < 1.29 is 0 Å². The molecule has 8 heteroatoms. The third-order valence-electron chi connectivity index (χ3n) is 4.52. The Bertz CT molecular complexity index is 1170. The molecule has 4 rings (SSSR count). The molecule has 0 fully saturated rings. The van der Waals surface area contributed by atoms with E-state index in [1.165, 1.54) is 6.07 Å². The molecule has 2 N–H and O–H groups in total. The van der Waals surface area contributed by atoms with E-state index >= 15 is 0 Å². The summed E-state index contributed by atoms with van der Waals surface area (Å²) in [6, 6.07) is 11.4. The molecule has 0 saturated carbocycles. The Kier molecular flexibility index (Phi) is 5.26. The maximum absolute atomic E-state index is 12.2. The van der Waals surface area contributed by atoms with Crippen molar-refractivity contribution in [1.29, 1.82) is 0 Å². The fourth-order valence-electron chi connectivity index (χ4n) is 3.22. The van der Waals surface area contributed by atoms with Gasteiger partial charge in [-0.3, -0.25) is 24.8 Å². The van der Waals surface area contributed by atoms with Crippen molar-refractivity contribution in [1.82, 2.24) is 35.0 Å². The Hall–Kier alpha value is -3.65. The second-order valence-electron chi connectivity index (χ2n) is 6.92. The molecule has 8 nitrogen and oxygen atoms in total. The Morgan fingerprint density at radius 2 is 1.90 bits per heavy atom. The summed E-state index contributed by atoms with van der Waals surface area (Å²) in [4.78, 5) is 30.5. The van der Waals surface area contributed by atoms with Gasteiger partial charge in [0.05, 0.1) is 11.4 Å². The van der Waals surface area contributed by atoms with E-state index in [0.29, 0.717) is 17.2 Å². The van der Waals surface area contributed by atoms with Gasteiger partial charge in [-0.25, -0.2) is 4.98 Å². The lowest BCUT2D eigenvalue weighted by atomic mass is 10.1. The molecular formula is C21H21N7O. The van der Waals surface area contributed by atoms with E-state index in [-0.39, 0.29) is 5.56 Å². The Labute approximate surface area is 167 Å². The third kappa shape index (κ3) is 4.44. The number of aromatic nitrogens is 6. The second-order valence-corrected chi connectivity index (χ2v) is 6.92. The monoisotopic (exact) mass is 387 g/mol. The number of rotatable bonds is 6. The van der Waals surface area contributed by atoms with Crippen LogP contribution in [0.3, 0.4) is 0 Å².